The molecule has 0 saturated carbocycles. The molecule has 0 spiro atoms. The maximum absolute atomic E-state index is 11.5. The van der Waals surface area contributed by atoms with E-state index in [4.69, 9.17) is 4.42 Å². The van der Waals surface area contributed by atoms with Crippen molar-refractivity contribution in [1.29, 1.82) is 0 Å². The van der Waals surface area contributed by atoms with E-state index in [1.54, 1.807) is 20.2 Å². The number of carbonyl (C=O) groups is 1. The lowest BCUT2D eigenvalue weighted by atomic mass is 10.1. The van der Waals surface area contributed by atoms with Gasteiger partial charge < -0.3 is 20.0 Å². The van der Waals surface area contributed by atoms with Crippen molar-refractivity contribution in [2.24, 2.45) is 4.99 Å². The van der Waals surface area contributed by atoms with Crippen LogP contribution in [0.15, 0.2) is 27.8 Å². The lowest BCUT2D eigenvalue weighted by Crippen LogP contribution is -2.50. The summed E-state index contributed by atoms with van der Waals surface area (Å²) in [4.78, 5) is 20.2. The summed E-state index contributed by atoms with van der Waals surface area (Å²) in [6.45, 7) is 6.26. The molecule has 1 unspecified atom stereocenters. The molecule has 2 fully saturated rings. The Labute approximate surface area is 155 Å². The summed E-state index contributed by atoms with van der Waals surface area (Å²) in [5.74, 6) is 1.99. The van der Waals surface area contributed by atoms with Crippen LogP contribution in [0.2, 0.25) is 0 Å². The van der Waals surface area contributed by atoms with Crippen LogP contribution in [0.4, 0.5) is 0 Å². The summed E-state index contributed by atoms with van der Waals surface area (Å²) in [7, 11) is 1.80. The summed E-state index contributed by atoms with van der Waals surface area (Å²) in [5.41, 5.74) is 0. The molecule has 3 rings (SSSR count). The minimum atomic E-state index is 0.165. The number of nitrogens with one attached hydrogen (secondary N) is 2. The Hall–Kier alpha value is -2.02. The van der Waals surface area contributed by atoms with Gasteiger partial charge in [0, 0.05) is 39.6 Å². The topological polar surface area (TPSA) is 73.1 Å². The number of guanidine groups is 1. The van der Waals surface area contributed by atoms with Gasteiger partial charge in [-0.15, -0.1) is 0 Å². The van der Waals surface area contributed by atoms with Gasteiger partial charge in [-0.1, -0.05) is 0 Å². The fourth-order valence-corrected chi connectivity index (χ4v) is 3.86. The van der Waals surface area contributed by atoms with Crippen LogP contribution in [0.3, 0.4) is 0 Å². The maximum Gasteiger partial charge on any atom is 0.219 e. The highest BCUT2D eigenvalue weighted by molar-refractivity contribution is 5.80. The zero-order valence-corrected chi connectivity index (χ0v) is 15.9. The largest absolute Gasteiger partial charge is 0.468 e. The van der Waals surface area contributed by atoms with Crippen molar-refractivity contribution in [3.63, 3.8) is 0 Å². The average molecular weight is 361 g/mol. The lowest BCUT2D eigenvalue weighted by molar-refractivity contribution is -0.129. The van der Waals surface area contributed by atoms with Crippen LogP contribution in [0.5, 0.6) is 0 Å². The Morgan fingerprint density at radius 1 is 1.31 bits per heavy atom. The highest BCUT2D eigenvalue weighted by Crippen LogP contribution is 2.24. The molecule has 1 aromatic heterocycles. The van der Waals surface area contributed by atoms with Gasteiger partial charge >= 0.3 is 0 Å². The monoisotopic (exact) mass is 361 g/mol. The summed E-state index contributed by atoms with van der Waals surface area (Å²) < 4.78 is 5.68. The molecule has 2 N–H and O–H groups in total. The molecule has 26 heavy (non-hydrogen) atoms. The molecular formula is C19H31N5O2. The Kier molecular flexibility index (Phi) is 6.55. The van der Waals surface area contributed by atoms with E-state index in [-0.39, 0.29) is 11.9 Å². The van der Waals surface area contributed by atoms with Gasteiger partial charge in [-0.05, 0) is 50.9 Å². The van der Waals surface area contributed by atoms with Crippen molar-refractivity contribution in [2.45, 2.75) is 44.7 Å². The number of aliphatic imine (C=N–C) groups is 1. The number of nitrogens with zero attached hydrogens (tertiary/aromatic N) is 3. The molecule has 0 radical (unpaired) electrons. The van der Waals surface area contributed by atoms with Gasteiger partial charge in [-0.2, -0.15) is 0 Å². The first-order valence-electron chi connectivity index (χ1n) is 9.67. The van der Waals surface area contributed by atoms with Crippen molar-refractivity contribution in [1.82, 2.24) is 20.4 Å². The minimum absolute atomic E-state index is 0.165. The summed E-state index contributed by atoms with van der Waals surface area (Å²) in [6.07, 6.45) is 6.15. The highest BCUT2D eigenvalue weighted by atomic mass is 16.3. The van der Waals surface area contributed by atoms with Crippen molar-refractivity contribution >= 4 is 11.9 Å². The van der Waals surface area contributed by atoms with Crippen LogP contribution in [0, 0.1) is 0 Å². The van der Waals surface area contributed by atoms with Gasteiger partial charge in [-0.3, -0.25) is 14.7 Å². The Morgan fingerprint density at radius 3 is 2.62 bits per heavy atom. The third-order valence-electron chi connectivity index (χ3n) is 5.42. The number of rotatable bonds is 5. The number of piperidine rings is 1. The summed E-state index contributed by atoms with van der Waals surface area (Å²) >= 11 is 0. The number of amides is 1. The van der Waals surface area contributed by atoms with E-state index in [1.165, 1.54) is 12.8 Å². The first kappa shape index (κ1) is 18.8. The van der Waals surface area contributed by atoms with Gasteiger partial charge in [0.15, 0.2) is 5.96 Å². The summed E-state index contributed by atoms with van der Waals surface area (Å²) in [5, 5.41) is 6.98. The van der Waals surface area contributed by atoms with Gasteiger partial charge in [0.25, 0.3) is 0 Å². The third-order valence-corrected chi connectivity index (χ3v) is 5.42. The smallest absolute Gasteiger partial charge is 0.219 e. The molecule has 7 heteroatoms. The fourth-order valence-electron chi connectivity index (χ4n) is 3.86. The molecule has 2 aliphatic rings. The van der Waals surface area contributed by atoms with E-state index in [0.29, 0.717) is 6.04 Å². The van der Waals surface area contributed by atoms with E-state index in [2.05, 4.69) is 26.6 Å². The normalized spacial score (nSPS) is 21.0. The molecular weight excluding hydrogens is 330 g/mol. The van der Waals surface area contributed by atoms with E-state index in [9.17, 15) is 4.79 Å². The van der Waals surface area contributed by atoms with Gasteiger partial charge in [0.1, 0.15) is 5.76 Å². The standard InChI is InChI=1S/C19H31N5O2/c1-15(25)23-11-7-16(8-12-23)22-19(20-2)21-14-17(18-6-5-13-26-18)24-9-3-4-10-24/h5-6,13,16-17H,3-4,7-12,14H2,1-2H3,(H2,20,21,22). The van der Waals surface area contributed by atoms with E-state index >= 15 is 0 Å². The van der Waals surface area contributed by atoms with Gasteiger partial charge in [0.2, 0.25) is 5.91 Å². The van der Waals surface area contributed by atoms with Crippen LogP contribution in [-0.2, 0) is 4.79 Å². The third kappa shape index (κ3) is 4.78. The Bertz CT molecular complexity index is 587. The minimum Gasteiger partial charge on any atom is -0.468 e. The number of furan rings is 1. The number of likely N-dealkylation sites (tertiary alicyclic amines) is 2. The van der Waals surface area contributed by atoms with Crippen molar-refractivity contribution < 1.29 is 9.21 Å². The zero-order chi connectivity index (χ0) is 18.4. The molecule has 1 amide bonds. The number of hydrogen-bond donors (Lipinski definition) is 2. The SMILES string of the molecule is CN=C(NCC(c1ccco1)N1CCCC1)NC1CCN(C(C)=O)CC1. The lowest BCUT2D eigenvalue weighted by Gasteiger charge is -2.33. The highest BCUT2D eigenvalue weighted by Gasteiger charge is 2.26. The van der Waals surface area contributed by atoms with E-state index in [1.807, 2.05) is 11.0 Å². The van der Waals surface area contributed by atoms with Crippen molar-refractivity contribution in [2.75, 3.05) is 39.8 Å². The van der Waals surface area contributed by atoms with E-state index in [0.717, 1.165) is 57.3 Å². The molecule has 2 aliphatic heterocycles. The zero-order valence-electron chi connectivity index (χ0n) is 15.9. The number of carbonyl (C=O) groups excluding carboxylic acids is 1. The molecule has 3 heterocycles. The van der Waals surface area contributed by atoms with Gasteiger partial charge in [-0.25, -0.2) is 0 Å². The fraction of sp³-hybridized carbons (Fsp3) is 0.684. The van der Waals surface area contributed by atoms with Crippen LogP contribution in [0.1, 0.15) is 44.4 Å². The molecule has 1 atom stereocenters. The van der Waals surface area contributed by atoms with Crippen molar-refractivity contribution in [3.8, 4) is 0 Å². The second kappa shape index (κ2) is 9.07. The Morgan fingerprint density at radius 2 is 2.04 bits per heavy atom. The van der Waals surface area contributed by atoms with Gasteiger partial charge in [0.05, 0.1) is 12.3 Å². The Balaban J connectivity index is 1.52. The van der Waals surface area contributed by atoms with Crippen LogP contribution >= 0.6 is 0 Å². The maximum atomic E-state index is 11.5. The molecule has 0 aromatic carbocycles. The molecule has 2 saturated heterocycles. The molecule has 144 valence electrons. The van der Waals surface area contributed by atoms with E-state index < -0.39 is 0 Å². The van der Waals surface area contributed by atoms with Crippen LogP contribution in [-0.4, -0.2) is 67.5 Å². The van der Waals surface area contributed by atoms with Crippen LogP contribution in [0.25, 0.3) is 0 Å². The molecule has 0 aliphatic carbocycles. The van der Waals surface area contributed by atoms with Crippen LogP contribution < -0.4 is 10.6 Å². The molecule has 1 aromatic rings. The van der Waals surface area contributed by atoms with Crippen molar-refractivity contribution in [3.05, 3.63) is 24.2 Å². The number of hydrogen-bond acceptors (Lipinski definition) is 4. The second-order valence-corrected chi connectivity index (χ2v) is 7.15. The first-order valence-corrected chi connectivity index (χ1v) is 9.67. The summed E-state index contributed by atoms with van der Waals surface area (Å²) in [6, 6.07) is 4.59. The molecule has 7 nitrogen and oxygen atoms in total. The predicted molar refractivity (Wildman–Crippen MR) is 102 cm³/mol. The average Bonchev–Trinajstić information content (AvgIpc) is 3.36. The first-order chi connectivity index (χ1) is 12.7. The quantitative estimate of drug-likeness (QED) is 0.616. The predicted octanol–water partition coefficient (Wildman–Crippen LogP) is 1.59. The second-order valence-electron chi connectivity index (χ2n) is 7.15. The molecule has 0 bridgehead atoms.